The maximum atomic E-state index is 13.6. The minimum Gasteiger partial charge on any atom is -0.377 e. The maximum Gasteiger partial charge on any atom is 0.146 e. The number of aromatic nitrogens is 2. The molecule has 0 saturated heterocycles. The Labute approximate surface area is 104 Å². The largest absolute Gasteiger partial charge is 0.377 e. The average molecular weight is 251 g/mol. The zero-order valence-corrected chi connectivity index (χ0v) is 10.4. The van der Waals surface area contributed by atoms with Gasteiger partial charge in [0.05, 0.1) is 24.3 Å². The van der Waals surface area contributed by atoms with Gasteiger partial charge in [0.1, 0.15) is 11.6 Å². The van der Waals surface area contributed by atoms with Crippen LogP contribution in [0.5, 0.6) is 0 Å². The van der Waals surface area contributed by atoms with E-state index in [1.807, 2.05) is 11.5 Å². The van der Waals surface area contributed by atoms with E-state index in [1.165, 1.54) is 19.1 Å². The van der Waals surface area contributed by atoms with Crippen LogP contribution < -0.4 is 5.32 Å². The minimum absolute atomic E-state index is 0.168. The molecular weight excluding hydrogens is 236 g/mol. The van der Waals surface area contributed by atoms with Crippen LogP contribution >= 0.6 is 0 Å². The van der Waals surface area contributed by atoms with E-state index in [9.17, 15) is 8.78 Å². The highest BCUT2D eigenvalue weighted by Crippen LogP contribution is 2.19. The van der Waals surface area contributed by atoms with E-state index in [1.54, 1.807) is 12.5 Å². The Morgan fingerprint density at radius 2 is 2.06 bits per heavy atom. The number of rotatable bonds is 4. The summed E-state index contributed by atoms with van der Waals surface area (Å²) >= 11 is 0. The Hall–Kier alpha value is -1.91. The molecular formula is C13H15F2N3. The summed E-state index contributed by atoms with van der Waals surface area (Å²) in [5.74, 6) is -0.862. The van der Waals surface area contributed by atoms with Gasteiger partial charge in [-0.25, -0.2) is 13.8 Å². The van der Waals surface area contributed by atoms with Crippen LogP contribution in [0.15, 0.2) is 24.7 Å². The van der Waals surface area contributed by atoms with Crippen molar-refractivity contribution >= 4 is 5.69 Å². The van der Waals surface area contributed by atoms with Crippen molar-refractivity contribution in [2.45, 2.75) is 26.9 Å². The normalized spacial score (nSPS) is 10.7. The number of hydrogen-bond donors (Lipinski definition) is 1. The Morgan fingerprint density at radius 1 is 1.28 bits per heavy atom. The molecule has 0 aliphatic heterocycles. The molecule has 0 amide bonds. The Morgan fingerprint density at radius 3 is 2.78 bits per heavy atom. The van der Waals surface area contributed by atoms with Gasteiger partial charge in [0.15, 0.2) is 0 Å². The highest BCUT2D eigenvalue weighted by atomic mass is 19.1. The van der Waals surface area contributed by atoms with Crippen LogP contribution in [-0.2, 0) is 13.1 Å². The monoisotopic (exact) mass is 251 g/mol. The molecule has 2 rings (SSSR count). The third-order valence-corrected chi connectivity index (χ3v) is 2.85. The van der Waals surface area contributed by atoms with E-state index < -0.39 is 11.6 Å². The van der Waals surface area contributed by atoms with E-state index in [2.05, 4.69) is 10.3 Å². The minimum atomic E-state index is -0.448. The van der Waals surface area contributed by atoms with Crippen LogP contribution in [0.25, 0.3) is 0 Å². The van der Waals surface area contributed by atoms with Gasteiger partial charge in [0.25, 0.3) is 0 Å². The molecule has 0 unspecified atom stereocenters. The molecule has 1 N–H and O–H groups in total. The van der Waals surface area contributed by atoms with Crippen LogP contribution in [0.3, 0.4) is 0 Å². The summed E-state index contributed by atoms with van der Waals surface area (Å²) in [5, 5.41) is 2.88. The fraction of sp³-hybridized carbons (Fsp3) is 0.308. The Bertz CT molecular complexity index is 549. The van der Waals surface area contributed by atoms with Gasteiger partial charge in [0.2, 0.25) is 0 Å². The van der Waals surface area contributed by atoms with Crippen molar-refractivity contribution < 1.29 is 8.78 Å². The van der Waals surface area contributed by atoms with Gasteiger partial charge in [-0.05, 0) is 25.5 Å². The van der Waals surface area contributed by atoms with E-state index in [-0.39, 0.29) is 5.69 Å². The first-order valence-corrected chi connectivity index (χ1v) is 5.80. The summed E-state index contributed by atoms with van der Waals surface area (Å²) in [7, 11) is 0. The number of benzene rings is 1. The smallest absolute Gasteiger partial charge is 0.146 e. The molecule has 0 spiro atoms. The summed E-state index contributed by atoms with van der Waals surface area (Å²) in [5.41, 5.74) is 1.40. The molecule has 3 nitrogen and oxygen atoms in total. The Kier molecular flexibility index (Phi) is 3.60. The molecule has 5 heteroatoms. The Balaban J connectivity index is 2.13. The second-order valence-corrected chi connectivity index (χ2v) is 4.11. The molecule has 2 aromatic rings. The number of imidazole rings is 1. The number of aryl methyl sites for hydroxylation is 2. The predicted molar refractivity (Wildman–Crippen MR) is 66.3 cm³/mol. The molecule has 0 fully saturated rings. The lowest BCUT2D eigenvalue weighted by Crippen LogP contribution is -2.07. The third kappa shape index (κ3) is 2.50. The maximum absolute atomic E-state index is 13.6. The summed E-state index contributed by atoms with van der Waals surface area (Å²) in [6.45, 7) is 4.74. The van der Waals surface area contributed by atoms with Crippen molar-refractivity contribution in [3.05, 3.63) is 47.5 Å². The number of nitrogens with zero attached hydrogens (tertiary/aromatic N) is 2. The number of anilines is 1. The summed E-state index contributed by atoms with van der Waals surface area (Å²) in [6.07, 6.45) is 3.42. The number of nitrogens with one attached hydrogen (secondary N) is 1. The molecule has 1 aromatic carbocycles. The SMILES string of the molecule is CCn1cncc1CNc1cc(F)c(C)cc1F. The van der Waals surface area contributed by atoms with Crippen molar-refractivity contribution in [2.24, 2.45) is 0 Å². The average Bonchev–Trinajstić information content (AvgIpc) is 2.79. The molecule has 96 valence electrons. The lowest BCUT2D eigenvalue weighted by atomic mass is 10.2. The van der Waals surface area contributed by atoms with Crippen LogP contribution in [0.2, 0.25) is 0 Å². The molecule has 1 heterocycles. The van der Waals surface area contributed by atoms with Gasteiger partial charge in [-0.1, -0.05) is 0 Å². The first kappa shape index (κ1) is 12.5. The molecule has 0 aliphatic carbocycles. The topological polar surface area (TPSA) is 29.9 Å². The van der Waals surface area contributed by atoms with Crippen LogP contribution in [0, 0.1) is 18.6 Å². The molecule has 0 aliphatic rings. The second-order valence-electron chi connectivity index (χ2n) is 4.11. The quantitative estimate of drug-likeness (QED) is 0.904. The van der Waals surface area contributed by atoms with Crippen molar-refractivity contribution in [1.82, 2.24) is 9.55 Å². The van der Waals surface area contributed by atoms with Gasteiger partial charge < -0.3 is 9.88 Å². The standard InChI is InChI=1S/C13H15F2N3/c1-3-18-8-16-6-10(18)7-17-13-5-11(14)9(2)4-12(13)15/h4-6,8,17H,3,7H2,1-2H3. The van der Waals surface area contributed by atoms with Crippen LogP contribution in [0.1, 0.15) is 18.2 Å². The molecule has 0 bridgehead atoms. The van der Waals surface area contributed by atoms with Gasteiger partial charge in [-0.2, -0.15) is 0 Å². The molecule has 0 radical (unpaired) electrons. The van der Waals surface area contributed by atoms with Gasteiger partial charge in [0, 0.05) is 18.8 Å². The van der Waals surface area contributed by atoms with E-state index >= 15 is 0 Å². The lowest BCUT2D eigenvalue weighted by Gasteiger charge is -2.10. The zero-order valence-electron chi connectivity index (χ0n) is 10.4. The fourth-order valence-electron chi connectivity index (χ4n) is 1.75. The van der Waals surface area contributed by atoms with E-state index in [0.29, 0.717) is 12.1 Å². The highest BCUT2D eigenvalue weighted by Gasteiger charge is 2.08. The van der Waals surface area contributed by atoms with Crippen molar-refractivity contribution in [3.63, 3.8) is 0 Å². The molecule has 18 heavy (non-hydrogen) atoms. The van der Waals surface area contributed by atoms with E-state index in [4.69, 9.17) is 0 Å². The first-order valence-electron chi connectivity index (χ1n) is 5.80. The van der Waals surface area contributed by atoms with Gasteiger partial charge in [-0.3, -0.25) is 0 Å². The fourth-order valence-corrected chi connectivity index (χ4v) is 1.75. The lowest BCUT2D eigenvalue weighted by molar-refractivity contribution is 0.594. The number of hydrogen-bond acceptors (Lipinski definition) is 2. The summed E-state index contributed by atoms with van der Waals surface area (Å²) in [4.78, 5) is 4.01. The van der Waals surface area contributed by atoms with Gasteiger partial charge in [-0.15, -0.1) is 0 Å². The highest BCUT2D eigenvalue weighted by molar-refractivity contribution is 5.47. The van der Waals surface area contributed by atoms with Gasteiger partial charge >= 0.3 is 0 Å². The molecule has 0 atom stereocenters. The van der Waals surface area contributed by atoms with Crippen molar-refractivity contribution in [1.29, 1.82) is 0 Å². The molecule has 0 saturated carbocycles. The van der Waals surface area contributed by atoms with Crippen molar-refractivity contribution in [2.75, 3.05) is 5.32 Å². The third-order valence-electron chi connectivity index (χ3n) is 2.85. The van der Waals surface area contributed by atoms with E-state index in [0.717, 1.165) is 12.2 Å². The summed E-state index contributed by atoms with van der Waals surface area (Å²) in [6, 6.07) is 2.37. The zero-order chi connectivity index (χ0) is 13.1. The van der Waals surface area contributed by atoms with Crippen LogP contribution in [0.4, 0.5) is 14.5 Å². The number of halogens is 2. The first-order chi connectivity index (χ1) is 8.61. The van der Waals surface area contributed by atoms with Crippen LogP contribution in [-0.4, -0.2) is 9.55 Å². The predicted octanol–water partition coefficient (Wildman–Crippen LogP) is 3.10. The summed E-state index contributed by atoms with van der Waals surface area (Å²) < 4.78 is 28.9. The molecule has 1 aromatic heterocycles. The van der Waals surface area contributed by atoms with Crippen molar-refractivity contribution in [3.8, 4) is 0 Å². The second kappa shape index (κ2) is 5.16.